The fourth-order valence-corrected chi connectivity index (χ4v) is 7.46. The van der Waals surface area contributed by atoms with Gasteiger partial charge in [0.2, 0.25) is 0 Å². The number of hydrogen-bond donors (Lipinski definition) is 0. The number of benzene rings is 9. The number of hydrogen-bond acceptors (Lipinski definition) is 7. The van der Waals surface area contributed by atoms with Gasteiger partial charge in [0.05, 0.1) is 18.6 Å². The molecule has 0 radical (unpaired) electrons. The number of anilines is 3. The molecule has 0 heterocycles. The van der Waals surface area contributed by atoms with E-state index in [0.717, 1.165) is 84.3 Å². The number of rotatable bonds is 15. The molecule has 9 rings (SSSR count). The summed E-state index contributed by atoms with van der Waals surface area (Å²) in [5, 5.41) is 27.7. The first-order chi connectivity index (χ1) is 33.2. The van der Waals surface area contributed by atoms with Gasteiger partial charge in [-0.3, -0.25) is 0 Å². The first-order valence-electron chi connectivity index (χ1n) is 22.0. The van der Waals surface area contributed by atoms with E-state index in [2.05, 4.69) is 93.0 Å². The minimum Gasteiger partial charge on any atom is -0.311 e. The lowest BCUT2D eigenvalue weighted by Gasteiger charge is -2.25. The Bertz CT molecular complexity index is 2680. The Balaban J connectivity index is 1.00. The van der Waals surface area contributed by atoms with E-state index in [1.165, 1.54) is 0 Å². The second-order valence-corrected chi connectivity index (χ2v) is 15.4. The van der Waals surface area contributed by atoms with Crippen molar-refractivity contribution >= 4 is 52.8 Å². The van der Waals surface area contributed by atoms with E-state index in [0.29, 0.717) is 0 Å². The second-order valence-electron chi connectivity index (χ2n) is 15.4. The first kappa shape index (κ1) is 43.1. The van der Waals surface area contributed by atoms with Crippen LogP contribution in [0.2, 0.25) is 0 Å². The van der Waals surface area contributed by atoms with Crippen molar-refractivity contribution in [1.82, 2.24) is 0 Å². The maximum atomic E-state index is 4.69. The second kappa shape index (κ2) is 21.9. The molecule has 7 heteroatoms. The van der Waals surface area contributed by atoms with Gasteiger partial charge in [-0.1, -0.05) is 218 Å². The molecule has 67 heavy (non-hydrogen) atoms. The van der Waals surface area contributed by atoms with Crippen molar-refractivity contribution in [2.75, 3.05) is 4.90 Å². The standard InChI is InChI=1S/C60H45N7/c1-7-19-49(20-8-1)58(50-21-9-2-10-22-50)64-61-43-46-31-37-55(38-32-46)67(56-39-33-47(34-40-56)44-62-65-59(51-23-11-3-12-24-51)52-25-13-4-14-26-52)57-41-35-48(36-42-57)45-63-66-60(53-27-15-5-16-28-53)54-29-17-6-18-30-54/h1-45H/b61-43+,62-44+,63-45+. The van der Waals surface area contributed by atoms with Crippen LogP contribution in [0.15, 0.2) is 285 Å². The van der Waals surface area contributed by atoms with E-state index < -0.39 is 0 Å². The third kappa shape index (κ3) is 11.3. The largest absolute Gasteiger partial charge is 0.311 e. The minimum atomic E-state index is 0.807. The molecule has 0 atom stereocenters. The van der Waals surface area contributed by atoms with Crippen LogP contribution in [0, 0.1) is 0 Å². The van der Waals surface area contributed by atoms with Crippen LogP contribution in [0.3, 0.4) is 0 Å². The van der Waals surface area contributed by atoms with Crippen molar-refractivity contribution in [1.29, 1.82) is 0 Å². The molecule has 7 nitrogen and oxygen atoms in total. The average molecular weight is 864 g/mol. The van der Waals surface area contributed by atoms with E-state index in [1.54, 1.807) is 18.6 Å². The van der Waals surface area contributed by atoms with Gasteiger partial charge in [-0.05, 0) is 53.1 Å². The van der Waals surface area contributed by atoms with E-state index >= 15 is 0 Å². The van der Waals surface area contributed by atoms with Gasteiger partial charge in [0.15, 0.2) is 0 Å². The van der Waals surface area contributed by atoms with Gasteiger partial charge in [-0.15, -0.1) is 15.3 Å². The Labute approximate surface area is 391 Å². The zero-order valence-corrected chi connectivity index (χ0v) is 36.6. The average Bonchev–Trinajstić information content (AvgIpc) is 3.41. The van der Waals surface area contributed by atoms with Gasteiger partial charge >= 0.3 is 0 Å². The fourth-order valence-electron chi connectivity index (χ4n) is 7.46. The normalized spacial score (nSPS) is 11.1. The van der Waals surface area contributed by atoms with Crippen LogP contribution in [-0.4, -0.2) is 35.8 Å². The van der Waals surface area contributed by atoms with Crippen LogP contribution >= 0.6 is 0 Å². The molecule has 0 aliphatic rings. The molecule has 0 saturated heterocycles. The molecular formula is C60H45N7. The minimum absolute atomic E-state index is 0.807. The van der Waals surface area contributed by atoms with E-state index in [9.17, 15) is 0 Å². The van der Waals surface area contributed by atoms with Crippen LogP contribution in [0.4, 0.5) is 17.1 Å². The van der Waals surface area contributed by atoms with Crippen LogP contribution in [-0.2, 0) is 0 Å². The van der Waals surface area contributed by atoms with Gasteiger partial charge in [0.1, 0.15) is 17.1 Å². The summed E-state index contributed by atoms with van der Waals surface area (Å²) < 4.78 is 0. The fraction of sp³-hybridized carbons (Fsp3) is 0. The monoisotopic (exact) mass is 863 g/mol. The predicted octanol–water partition coefficient (Wildman–Crippen LogP) is 13.8. The third-order valence-electron chi connectivity index (χ3n) is 10.8. The Hall–Kier alpha value is -9.20. The molecule has 0 aromatic heterocycles. The summed E-state index contributed by atoms with van der Waals surface area (Å²) >= 11 is 0. The molecule has 0 bridgehead atoms. The lowest BCUT2D eigenvalue weighted by Crippen LogP contribution is -2.10. The van der Waals surface area contributed by atoms with Crippen molar-refractivity contribution in [2.24, 2.45) is 30.6 Å². The van der Waals surface area contributed by atoms with Gasteiger partial charge in [0, 0.05) is 50.4 Å². The zero-order valence-electron chi connectivity index (χ0n) is 36.6. The molecule has 0 aliphatic carbocycles. The molecule has 9 aromatic rings. The molecule has 0 saturated carbocycles. The maximum Gasteiger partial charge on any atom is 0.100 e. The van der Waals surface area contributed by atoms with E-state index in [4.69, 9.17) is 15.3 Å². The van der Waals surface area contributed by atoms with Crippen molar-refractivity contribution in [3.05, 3.63) is 305 Å². The van der Waals surface area contributed by atoms with Crippen molar-refractivity contribution < 1.29 is 0 Å². The van der Waals surface area contributed by atoms with Gasteiger partial charge < -0.3 is 4.90 Å². The first-order valence-corrected chi connectivity index (χ1v) is 22.0. The molecule has 0 aliphatic heterocycles. The SMILES string of the molecule is C(=N\N=C(c1ccccc1)c1ccccc1)/c1ccc(N(c2ccc(/C=N/N=C(c3ccccc3)c3ccccc3)cc2)c2ccc(/C=N/N=C(c3ccccc3)c3ccccc3)cc2)cc1. The van der Waals surface area contributed by atoms with Crippen LogP contribution < -0.4 is 4.90 Å². The zero-order chi connectivity index (χ0) is 45.3. The topological polar surface area (TPSA) is 77.4 Å². The molecule has 0 N–H and O–H groups in total. The smallest absolute Gasteiger partial charge is 0.100 e. The maximum absolute atomic E-state index is 4.69. The molecule has 0 amide bonds. The highest BCUT2D eigenvalue weighted by Crippen LogP contribution is 2.35. The van der Waals surface area contributed by atoms with Crippen LogP contribution in [0.25, 0.3) is 0 Å². The van der Waals surface area contributed by atoms with Gasteiger partial charge in [0.25, 0.3) is 0 Å². The molecule has 9 aromatic carbocycles. The molecule has 0 unspecified atom stereocenters. The highest BCUT2D eigenvalue weighted by atomic mass is 15.2. The van der Waals surface area contributed by atoms with E-state index in [-0.39, 0.29) is 0 Å². The summed E-state index contributed by atoms with van der Waals surface area (Å²) in [5.41, 5.74) is 14.1. The van der Waals surface area contributed by atoms with Gasteiger partial charge in [-0.25, -0.2) is 0 Å². The van der Waals surface area contributed by atoms with Crippen molar-refractivity contribution in [3.8, 4) is 0 Å². The van der Waals surface area contributed by atoms with Gasteiger partial charge in [-0.2, -0.15) is 15.3 Å². The quantitative estimate of drug-likeness (QED) is 0.0747. The lowest BCUT2D eigenvalue weighted by atomic mass is 10.0. The Kier molecular flexibility index (Phi) is 14.1. The molecule has 0 fully saturated rings. The molecule has 0 spiro atoms. The molecule has 320 valence electrons. The Morgan fingerprint density at radius 3 is 0.627 bits per heavy atom. The summed E-state index contributed by atoms with van der Waals surface area (Å²) in [6.45, 7) is 0. The summed E-state index contributed by atoms with van der Waals surface area (Å²) in [6, 6.07) is 85.6. The summed E-state index contributed by atoms with van der Waals surface area (Å²) in [4.78, 5) is 2.21. The highest BCUT2D eigenvalue weighted by Gasteiger charge is 2.14. The van der Waals surface area contributed by atoms with Crippen LogP contribution in [0.5, 0.6) is 0 Å². The van der Waals surface area contributed by atoms with E-state index in [1.807, 2.05) is 182 Å². The summed E-state index contributed by atoms with van der Waals surface area (Å²) in [6.07, 6.45) is 5.36. The van der Waals surface area contributed by atoms with Crippen molar-refractivity contribution in [3.63, 3.8) is 0 Å². The Morgan fingerprint density at radius 1 is 0.239 bits per heavy atom. The lowest BCUT2D eigenvalue weighted by molar-refractivity contribution is 1.24. The third-order valence-corrected chi connectivity index (χ3v) is 10.8. The van der Waals surface area contributed by atoms with Crippen molar-refractivity contribution in [2.45, 2.75) is 0 Å². The summed E-state index contributed by atoms with van der Waals surface area (Å²) in [5.74, 6) is 0. The molecular weight excluding hydrogens is 819 g/mol. The predicted molar refractivity (Wildman–Crippen MR) is 279 cm³/mol. The van der Waals surface area contributed by atoms with Crippen LogP contribution in [0.1, 0.15) is 50.1 Å². The highest BCUT2D eigenvalue weighted by molar-refractivity contribution is 6.14. The number of nitrogens with zero attached hydrogens (tertiary/aromatic N) is 7. The summed E-state index contributed by atoms with van der Waals surface area (Å²) in [7, 11) is 0. The Morgan fingerprint density at radius 2 is 0.433 bits per heavy atom.